The summed E-state index contributed by atoms with van der Waals surface area (Å²) >= 11 is 13.2. The summed E-state index contributed by atoms with van der Waals surface area (Å²) < 4.78 is 2.19. The summed E-state index contributed by atoms with van der Waals surface area (Å²) in [6.45, 7) is 3.05. The first-order valence-corrected chi connectivity index (χ1v) is 8.49. The number of halogens is 3. The van der Waals surface area contributed by atoms with E-state index in [-0.39, 0.29) is 6.04 Å². The van der Waals surface area contributed by atoms with Gasteiger partial charge in [-0.1, -0.05) is 68.6 Å². The van der Waals surface area contributed by atoms with E-state index in [4.69, 9.17) is 11.6 Å². The molecule has 2 aromatic rings. The Hall–Kier alpha value is -0.350. The predicted octanol–water partition coefficient (Wildman–Crippen LogP) is 5.76. The van der Waals surface area contributed by atoms with Crippen LogP contribution in [0.3, 0.4) is 0 Å². The second-order valence-corrected chi connectivity index (χ2v) is 6.82. The molecule has 1 unspecified atom stereocenters. The van der Waals surface area contributed by atoms with Gasteiger partial charge in [-0.15, -0.1) is 0 Å². The van der Waals surface area contributed by atoms with Gasteiger partial charge in [-0.3, -0.25) is 0 Å². The van der Waals surface area contributed by atoms with E-state index in [0.717, 1.165) is 26.9 Å². The molecule has 0 radical (unpaired) electrons. The number of hydrogen-bond acceptors (Lipinski definition) is 1. The largest absolute Gasteiger partial charge is 0.310 e. The highest BCUT2D eigenvalue weighted by atomic mass is 79.9. The molecule has 0 aliphatic rings. The molecule has 0 aromatic heterocycles. The van der Waals surface area contributed by atoms with Crippen LogP contribution < -0.4 is 5.32 Å². The lowest BCUT2D eigenvalue weighted by Gasteiger charge is -2.20. The molecule has 0 saturated carbocycles. The van der Waals surface area contributed by atoms with Crippen LogP contribution in [-0.4, -0.2) is 6.54 Å². The first-order valence-electron chi connectivity index (χ1n) is 6.53. The van der Waals surface area contributed by atoms with Crippen molar-refractivity contribution in [1.82, 2.24) is 5.32 Å². The molecule has 0 aliphatic carbocycles. The Morgan fingerprint density at radius 2 is 1.95 bits per heavy atom. The second-order valence-electron chi connectivity index (χ2n) is 4.61. The Bertz CT molecular complexity index is 586. The van der Waals surface area contributed by atoms with E-state index < -0.39 is 0 Å². The lowest BCUT2D eigenvalue weighted by molar-refractivity contribution is 0.548. The van der Waals surface area contributed by atoms with Crippen LogP contribution in [0.4, 0.5) is 0 Å². The molecule has 0 saturated heterocycles. The Labute approximate surface area is 142 Å². The highest BCUT2D eigenvalue weighted by Crippen LogP contribution is 2.29. The first-order chi connectivity index (χ1) is 9.60. The van der Waals surface area contributed by atoms with Gasteiger partial charge in [0.25, 0.3) is 0 Å². The summed E-state index contributed by atoms with van der Waals surface area (Å²) in [6, 6.07) is 14.6. The van der Waals surface area contributed by atoms with E-state index in [9.17, 15) is 0 Å². The average Bonchev–Trinajstić information content (AvgIpc) is 2.38. The van der Waals surface area contributed by atoms with Crippen molar-refractivity contribution in [1.29, 1.82) is 0 Å². The Kier molecular flexibility index (Phi) is 6.09. The Morgan fingerprint density at radius 3 is 2.60 bits per heavy atom. The quantitative estimate of drug-likeness (QED) is 0.652. The molecule has 2 rings (SSSR count). The minimum Gasteiger partial charge on any atom is -0.310 e. The third-order valence-corrected chi connectivity index (χ3v) is 4.53. The summed E-state index contributed by atoms with van der Waals surface area (Å²) in [6.07, 6.45) is 0.911. The third kappa shape index (κ3) is 4.32. The molecule has 4 heteroatoms. The van der Waals surface area contributed by atoms with Crippen LogP contribution in [0.5, 0.6) is 0 Å². The monoisotopic (exact) mass is 415 g/mol. The molecular weight excluding hydrogens is 401 g/mol. The maximum absolute atomic E-state index is 6.07. The van der Waals surface area contributed by atoms with Gasteiger partial charge in [0.05, 0.1) is 0 Å². The molecule has 2 aromatic carbocycles. The molecule has 0 heterocycles. The number of nitrogens with one attached hydrogen (secondary N) is 1. The van der Waals surface area contributed by atoms with E-state index >= 15 is 0 Å². The molecule has 106 valence electrons. The van der Waals surface area contributed by atoms with E-state index in [2.05, 4.69) is 68.4 Å². The van der Waals surface area contributed by atoms with Gasteiger partial charge in [0.1, 0.15) is 0 Å². The smallest absolute Gasteiger partial charge is 0.0408 e. The van der Waals surface area contributed by atoms with Gasteiger partial charge in [0, 0.05) is 20.0 Å². The number of benzene rings is 2. The van der Waals surface area contributed by atoms with Crippen molar-refractivity contribution in [3.8, 4) is 0 Å². The van der Waals surface area contributed by atoms with Gasteiger partial charge in [0.15, 0.2) is 0 Å². The van der Waals surface area contributed by atoms with Gasteiger partial charge in [-0.2, -0.15) is 0 Å². The fourth-order valence-electron chi connectivity index (χ4n) is 2.22. The summed E-state index contributed by atoms with van der Waals surface area (Å²) in [5, 5.41) is 4.32. The molecular formula is C16H16Br2ClN. The van der Waals surface area contributed by atoms with Crippen LogP contribution in [0.15, 0.2) is 51.4 Å². The molecule has 0 aliphatic heterocycles. The zero-order valence-corrected chi connectivity index (χ0v) is 15.1. The van der Waals surface area contributed by atoms with Crippen molar-refractivity contribution < 1.29 is 0 Å². The second kappa shape index (κ2) is 7.60. The molecule has 1 N–H and O–H groups in total. The van der Waals surface area contributed by atoms with Crippen molar-refractivity contribution >= 4 is 43.5 Å². The maximum Gasteiger partial charge on any atom is 0.0408 e. The van der Waals surface area contributed by atoms with E-state index in [1.165, 1.54) is 11.1 Å². The highest BCUT2D eigenvalue weighted by molar-refractivity contribution is 9.11. The minimum absolute atomic E-state index is 0.265. The third-order valence-electron chi connectivity index (χ3n) is 3.12. The summed E-state index contributed by atoms with van der Waals surface area (Å²) in [5.41, 5.74) is 2.49. The van der Waals surface area contributed by atoms with Crippen LogP contribution in [0, 0.1) is 0 Å². The number of rotatable bonds is 5. The van der Waals surface area contributed by atoms with Gasteiger partial charge >= 0.3 is 0 Å². The van der Waals surface area contributed by atoms with E-state index in [1.807, 2.05) is 18.2 Å². The van der Waals surface area contributed by atoms with Gasteiger partial charge < -0.3 is 5.32 Å². The number of hydrogen-bond donors (Lipinski definition) is 1. The molecule has 0 fully saturated rings. The topological polar surface area (TPSA) is 12.0 Å². The fourth-order valence-corrected chi connectivity index (χ4v) is 3.76. The summed E-state index contributed by atoms with van der Waals surface area (Å²) in [4.78, 5) is 0. The van der Waals surface area contributed by atoms with Gasteiger partial charge in [-0.25, -0.2) is 0 Å². The normalized spacial score (nSPS) is 12.4. The lowest BCUT2D eigenvalue weighted by Crippen LogP contribution is -2.23. The van der Waals surface area contributed by atoms with E-state index in [0.29, 0.717) is 0 Å². The minimum atomic E-state index is 0.265. The molecule has 0 bridgehead atoms. The van der Waals surface area contributed by atoms with Crippen LogP contribution in [-0.2, 0) is 6.42 Å². The standard InChI is InChI=1S/C16H16Br2ClN/c1-2-20-16(9-11-4-3-5-13(19)8-11)14-7-6-12(17)10-15(14)18/h3-8,10,16,20H,2,9H2,1H3. The van der Waals surface area contributed by atoms with Crippen LogP contribution in [0.2, 0.25) is 5.02 Å². The van der Waals surface area contributed by atoms with Crippen LogP contribution >= 0.6 is 43.5 Å². The lowest BCUT2D eigenvalue weighted by atomic mass is 9.99. The Morgan fingerprint density at radius 1 is 1.15 bits per heavy atom. The molecule has 1 atom stereocenters. The zero-order valence-electron chi connectivity index (χ0n) is 11.2. The van der Waals surface area contributed by atoms with Crippen molar-refractivity contribution in [2.75, 3.05) is 6.54 Å². The predicted molar refractivity (Wildman–Crippen MR) is 93.4 cm³/mol. The fraction of sp³-hybridized carbons (Fsp3) is 0.250. The number of likely N-dealkylation sites (N-methyl/N-ethyl adjacent to an activating group) is 1. The van der Waals surface area contributed by atoms with Crippen LogP contribution in [0.25, 0.3) is 0 Å². The van der Waals surface area contributed by atoms with Crippen molar-refractivity contribution in [2.24, 2.45) is 0 Å². The van der Waals surface area contributed by atoms with Crippen LogP contribution in [0.1, 0.15) is 24.1 Å². The van der Waals surface area contributed by atoms with Crippen molar-refractivity contribution in [3.63, 3.8) is 0 Å². The van der Waals surface area contributed by atoms with Crippen molar-refractivity contribution in [3.05, 3.63) is 67.6 Å². The SMILES string of the molecule is CCNC(Cc1cccc(Cl)c1)c1ccc(Br)cc1Br. The average molecular weight is 418 g/mol. The molecule has 0 amide bonds. The maximum atomic E-state index is 6.07. The van der Waals surface area contributed by atoms with Crippen molar-refractivity contribution in [2.45, 2.75) is 19.4 Å². The molecule has 20 heavy (non-hydrogen) atoms. The van der Waals surface area contributed by atoms with Gasteiger partial charge in [-0.05, 0) is 48.4 Å². The zero-order chi connectivity index (χ0) is 14.5. The summed E-state index contributed by atoms with van der Waals surface area (Å²) in [7, 11) is 0. The highest BCUT2D eigenvalue weighted by Gasteiger charge is 2.14. The molecule has 1 nitrogen and oxygen atoms in total. The van der Waals surface area contributed by atoms with E-state index in [1.54, 1.807) is 0 Å². The first kappa shape index (κ1) is 16.0. The Balaban J connectivity index is 2.26. The molecule has 0 spiro atoms. The van der Waals surface area contributed by atoms with Gasteiger partial charge in [0.2, 0.25) is 0 Å². The summed E-state index contributed by atoms with van der Waals surface area (Å²) in [5.74, 6) is 0.